The van der Waals surface area contributed by atoms with Crippen LogP contribution < -0.4 is 10.6 Å². The molecule has 0 aliphatic carbocycles. The quantitative estimate of drug-likeness (QED) is 0.560. The van der Waals surface area contributed by atoms with Gasteiger partial charge in [0.1, 0.15) is 17.3 Å². The number of hydrogen-bond donors (Lipinski definition) is 2. The van der Waals surface area contributed by atoms with Gasteiger partial charge in [-0.05, 0) is 41.9 Å². The lowest BCUT2D eigenvalue weighted by Crippen LogP contribution is -2.38. The van der Waals surface area contributed by atoms with Crippen LogP contribution in [0.4, 0.5) is 20.2 Å². The lowest BCUT2D eigenvalue weighted by Gasteiger charge is -2.19. The maximum Gasteiger partial charge on any atom is 0.238 e. The molecule has 0 aliphatic rings. The predicted octanol–water partition coefficient (Wildman–Crippen LogP) is 4.53. The lowest BCUT2D eigenvalue weighted by molar-refractivity contribution is -0.119. The van der Waals surface area contributed by atoms with Gasteiger partial charge in [0.25, 0.3) is 0 Å². The van der Waals surface area contributed by atoms with Crippen LogP contribution in [0.25, 0.3) is 11.1 Å². The molecule has 3 aromatic rings. The number of anilines is 2. The van der Waals surface area contributed by atoms with E-state index in [9.17, 15) is 18.4 Å². The highest BCUT2D eigenvalue weighted by Gasteiger charge is 2.16. The Bertz CT molecular complexity index is 1020. The molecule has 5 nitrogen and oxygen atoms in total. The molecule has 0 spiro atoms. The largest absolute Gasteiger partial charge is 0.325 e. The van der Waals surface area contributed by atoms with E-state index in [-0.39, 0.29) is 19.0 Å². The Kier molecular flexibility index (Phi) is 7.45. The maximum absolute atomic E-state index is 13.7. The molecule has 0 saturated carbocycles. The van der Waals surface area contributed by atoms with Crippen LogP contribution in [-0.4, -0.2) is 36.3 Å². The number of likely N-dealkylation sites (N-methyl/N-ethyl adjacent to an activating group) is 1. The Hall–Kier alpha value is -3.58. The molecule has 0 fully saturated rings. The fourth-order valence-corrected chi connectivity index (χ4v) is 3.06. The summed E-state index contributed by atoms with van der Waals surface area (Å²) in [5.41, 5.74) is 2.26. The third kappa shape index (κ3) is 6.20. The van der Waals surface area contributed by atoms with E-state index in [0.29, 0.717) is 12.2 Å². The molecule has 0 bridgehead atoms. The molecule has 0 radical (unpaired) electrons. The number of rotatable bonds is 8. The predicted molar refractivity (Wildman–Crippen MR) is 118 cm³/mol. The van der Waals surface area contributed by atoms with E-state index >= 15 is 0 Å². The number of carbonyl (C=O) groups is 2. The number of nitrogens with zero attached hydrogens (tertiary/aromatic N) is 1. The van der Waals surface area contributed by atoms with Crippen LogP contribution in [0.5, 0.6) is 0 Å². The Morgan fingerprint density at radius 2 is 1.29 bits per heavy atom. The zero-order chi connectivity index (χ0) is 22.2. The number of halogens is 2. The van der Waals surface area contributed by atoms with Gasteiger partial charge in [0.15, 0.2) is 0 Å². The van der Waals surface area contributed by atoms with Crippen molar-refractivity contribution in [2.75, 3.05) is 30.3 Å². The Morgan fingerprint density at radius 3 is 1.87 bits per heavy atom. The van der Waals surface area contributed by atoms with Crippen LogP contribution >= 0.6 is 0 Å². The molecule has 2 amide bonds. The summed E-state index contributed by atoms with van der Waals surface area (Å²) in [4.78, 5) is 26.1. The average molecular weight is 423 g/mol. The molecule has 31 heavy (non-hydrogen) atoms. The molecule has 0 aromatic heterocycles. The van der Waals surface area contributed by atoms with Gasteiger partial charge in [-0.25, -0.2) is 8.78 Å². The molecule has 0 heterocycles. The van der Waals surface area contributed by atoms with Gasteiger partial charge < -0.3 is 10.6 Å². The molecule has 3 aromatic carbocycles. The van der Waals surface area contributed by atoms with Crippen LogP contribution in [0.2, 0.25) is 0 Å². The highest BCUT2D eigenvalue weighted by molar-refractivity contribution is 5.95. The summed E-state index contributed by atoms with van der Waals surface area (Å²) in [6, 6.07) is 20.7. The topological polar surface area (TPSA) is 61.4 Å². The van der Waals surface area contributed by atoms with Crippen LogP contribution in [-0.2, 0) is 9.59 Å². The molecule has 3 rings (SSSR count). The van der Waals surface area contributed by atoms with Gasteiger partial charge in [0.05, 0.1) is 13.1 Å². The highest BCUT2D eigenvalue weighted by Crippen LogP contribution is 2.21. The first-order chi connectivity index (χ1) is 15.0. The van der Waals surface area contributed by atoms with E-state index in [1.54, 1.807) is 11.8 Å². The molecule has 0 saturated heterocycles. The molecule has 0 aliphatic heterocycles. The van der Waals surface area contributed by atoms with Crippen LogP contribution in [0.3, 0.4) is 0 Å². The van der Waals surface area contributed by atoms with Crippen molar-refractivity contribution in [1.29, 1.82) is 0 Å². The summed E-state index contributed by atoms with van der Waals surface area (Å²) in [7, 11) is 0. The summed E-state index contributed by atoms with van der Waals surface area (Å²) in [5, 5.41) is 5.02. The molecule has 2 N–H and O–H groups in total. The number of para-hydroxylation sites is 1. The minimum atomic E-state index is -0.854. The lowest BCUT2D eigenvalue weighted by atomic mass is 10.1. The van der Waals surface area contributed by atoms with Crippen LogP contribution in [0.15, 0.2) is 72.8 Å². The monoisotopic (exact) mass is 423 g/mol. The van der Waals surface area contributed by atoms with Crippen molar-refractivity contribution in [2.24, 2.45) is 0 Å². The van der Waals surface area contributed by atoms with Crippen LogP contribution in [0, 0.1) is 11.6 Å². The summed E-state index contributed by atoms with van der Waals surface area (Å²) in [6.07, 6.45) is 0. The van der Waals surface area contributed by atoms with Gasteiger partial charge in [-0.2, -0.15) is 0 Å². The molecule has 7 heteroatoms. The summed E-state index contributed by atoms with van der Waals surface area (Å²) in [5.74, 6) is -2.61. The third-order valence-electron chi connectivity index (χ3n) is 4.68. The van der Waals surface area contributed by atoms with Crippen molar-refractivity contribution in [3.8, 4) is 11.1 Å². The first kappa shape index (κ1) is 22.1. The normalized spacial score (nSPS) is 10.7. The van der Waals surface area contributed by atoms with Crippen molar-refractivity contribution < 1.29 is 18.4 Å². The van der Waals surface area contributed by atoms with E-state index in [1.807, 2.05) is 54.6 Å². The minimum Gasteiger partial charge on any atom is -0.325 e. The summed E-state index contributed by atoms with van der Waals surface area (Å²) in [6.45, 7) is 1.99. The molecule has 0 unspecified atom stereocenters. The van der Waals surface area contributed by atoms with E-state index in [0.717, 1.165) is 23.3 Å². The van der Waals surface area contributed by atoms with Gasteiger partial charge in [-0.15, -0.1) is 0 Å². The van der Waals surface area contributed by atoms with Gasteiger partial charge in [-0.1, -0.05) is 55.5 Å². The second kappa shape index (κ2) is 10.4. The Labute approximate surface area is 179 Å². The summed E-state index contributed by atoms with van der Waals surface area (Å²) < 4.78 is 27.4. The van der Waals surface area contributed by atoms with Gasteiger partial charge >= 0.3 is 0 Å². The van der Waals surface area contributed by atoms with E-state index in [4.69, 9.17) is 0 Å². The first-order valence-corrected chi connectivity index (χ1v) is 9.88. The van der Waals surface area contributed by atoms with Gasteiger partial charge in [0, 0.05) is 5.69 Å². The minimum absolute atomic E-state index is 0.0376. The smallest absolute Gasteiger partial charge is 0.238 e. The fraction of sp³-hybridized carbons (Fsp3) is 0.167. The van der Waals surface area contributed by atoms with Gasteiger partial charge in [0.2, 0.25) is 11.8 Å². The number of benzene rings is 3. The van der Waals surface area contributed by atoms with Crippen molar-refractivity contribution in [1.82, 2.24) is 4.90 Å². The Morgan fingerprint density at radius 1 is 0.742 bits per heavy atom. The molecular weight excluding hydrogens is 400 g/mol. The average Bonchev–Trinajstić information content (AvgIpc) is 2.77. The Balaban J connectivity index is 1.54. The molecular formula is C24H23F2N3O2. The van der Waals surface area contributed by atoms with Crippen LogP contribution in [0.1, 0.15) is 6.92 Å². The van der Waals surface area contributed by atoms with Crippen molar-refractivity contribution in [3.63, 3.8) is 0 Å². The molecule has 160 valence electrons. The molecule has 0 atom stereocenters. The van der Waals surface area contributed by atoms with Crippen molar-refractivity contribution in [3.05, 3.63) is 84.4 Å². The van der Waals surface area contributed by atoms with Gasteiger partial charge in [-0.3, -0.25) is 14.5 Å². The highest BCUT2D eigenvalue weighted by atomic mass is 19.1. The SMILES string of the molecule is CCN(CC(=O)Nc1ccc(-c2ccccc2)cc1)CC(=O)Nc1c(F)cccc1F. The zero-order valence-corrected chi connectivity index (χ0v) is 17.1. The van der Waals surface area contributed by atoms with E-state index in [1.165, 1.54) is 6.07 Å². The van der Waals surface area contributed by atoms with Crippen molar-refractivity contribution >= 4 is 23.2 Å². The number of nitrogens with one attached hydrogen (secondary N) is 2. The maximum atomic E-state index is 13.7. The second-order valence-electron chi connectivity index (χ2n) is 6.94. The van der Waals surface area contributed by atoms with E-state index < -0.39 is 23.2 Å². The number of hydrogen-bond acceptors (Lipinski definition) is 3. The van der Waals surface area contributed by atoms with E-state index in [2.05, 4.69) is 10.6 Å². The zero-order valence-electron chi connectivity index (χ0n) is 17.1. The fourth-order valence-electron chi connectivity index (χ4n) is 3.06. The first-order valence-electron chi connectivity index (χ1n) is 9.88. The third-order valence-corrected chi connectivity index (χ3v) is 4.68. The van der Waals surface area contributed by atoms with Crippen molar-refractivity contribution in [2.45, 2.75) is 6.92 Å². The standard InChI is InChI=1S/C24H23F2N3O2/c1-2-29(16-23(31)28-24-20(25)9-6-10-21(24)26)15-22(30)27-19-13-11-18(12-14-19)17-7-4-3-5-8-17/h3-14H,2,15-16H2,1H3,(H,27,30)(H,28,31). The number of amides is 2. The second-order valence-corrected chi connectivity index (χ2v) is 6.94. The summed E-state index contributed by atoms with van der Waals surface area (Å²) >= 11 is 0. The number of carbonyl (C=O) groups excluding carboxylic acids is 2.